The van der Waals surface area contributed by atoms with Crippen LogP contribution in [0.2, 0.25) is 0 Å². The van der Waals surface area contributed by atoms with Crippen molar-refractivity contribution < 1.29 is 9.59 Å². The number of carbonyl (C=O) groups is 2. The topological polar surface area (TPSA) is 61.4 Å². The van der Waals surface area contributed by atoms with Gasteiger partial charge in [0, 0.05) is 32.2 Å². The molecular weight excluding hydrogens is 254 g/mol. The molecule has 0 aliphatic carbocycles. The van der Waals surface area contributed by atoms with E-state index in [0.29, 0.717) is 12.1 Å². The summed E-state index contributed by atoms with van der Waals surface area (Å²) in [5.74, 6) is -0.239. The van der Waals surface area contributed by atoms with Gasteiger partial charge in [0.2, 0.25) is 5.91 Å². The number of likely N-dealkylation sites (N-methyl/N-ethyl adjacent to an activating group) is 1. The van der Waals surface area contributed by atoms with Gasteiger partial charge in [-0.05, 0) is 29.7 Å². The number of nitrogens with zero attached hydrogens (tertiary/aromatic N) is 1. The van der Waals surface area contributed by atoms with Gasteiger partial charge in [-0.1, -0.05) is 13.0 Å². The number of benzene rings is 1. The lowest BCUT2D eigenvalue weighted by Gasteiger charge is -2.17. The number of nitrogens with one attached hydrogen (secondary N) is 2. The standard InChI is InChI=1S/C15H21N3O2/c1-3-6-17-14(19)10-18(2)15(20)11-4-5-12-8-16-9-13(12)7-11/h4-5,7,16H,3,6,8-10H2,1-2H3,(H,17,19). The van der Waals surface area contributed by atoms with Gasteiger partial charge in [-0.3, -0.25) is 9.59 Å². The van der Waals surface area contributed by atoms with E-state index in [1.165, 1.54) is 16.0 Å². The van der Waals surface area contributed by atoms with Crippen molar-refractivity contribution in [3.05, 3.63) is 34.9 Å². The summed E-state index contributed by atoms with van der Waals surface area (Å²) in [5, 5.41) is 6.02. The van der Waals surface area contributed by atoms with Gasteiger partial charge < -0.3 is 15.5 Å². The van der Waals surface area contributed by atoms with Crippen molar-refractivity contribution >= 4 is 11.8 Å². The minimum absolute atomic E-state index is 0.0914. The second kappa shape index (κ2) is 6.52. The zero-order valence-corrected chi connectivity index (χ0v) is 12.0. The van der Waals surface area contributed by atoms with Crippen LogP contribution in [0.15, 0.2) is 18.2 Å². The summed E-state index contributed by atoms with van der Waals surface area (Å²) in [6.07, 6.45) is 0.890. The molecule has 0 unspecified atom stereocenters. The Labute approximate surface area is 119 Å². The second-order valence-corrected chi connectivity index (χ2v) is 5.10. The molecule has 0 fully saturated rings. The predicted octanol–water partition coefficient (Wildman–Crippen LogP) is 0.888. The Hall–Kier alpha value is -1.88. The molecule has 2 rings (SSSR count). The first-order chi connectivity index (χ1) is 9.61. The molecule has 0 bridgehead atoms. The smallest absolute Gasteiger partial charge is 0.254 e. The molecule has 1 aliphatic rings. The Morgan fingerprint density at radius 3 is 2.80 bits per heavy atom. The van der Waals surface area contributed by atoms with Gasteiger partial charge in [0.1, 0.15) is 0 Å². The number of amides is 2. The van der Waals surface area contributed by atoms with Crippen molar-refractivity contribution in [2.45, 2.75) is 26.4 Å². The fourth-order valence-electron chi connectivity index (χ4n) is 2.26. The molecular formula is C15H21N3O2. The molecule has 2 N–H and O–H groups in total. The minimum Gasteiger partial charge on any atom is -0.355 e. The third-order valence-corrected chi connectivity index (χ3v) is 3.38. The first-order valence-corrected chi connectivity index (χ1v) is 6.96. The lowest BCUT2D eigenvalue weighted by molar-refractivity contribution is -0.121. The molecule has 20 heavy (non-hydrogen) atoms. The van der Waals surface area contributed by atoms with Gasteiger partial charge in [0.15, 0.2) is 0 Å². The molecule has 0 saturated carbocycles. The molecule has 1 aliphatic heterocycles. The molecule has 0 radical (unpaired) electrons. The maximum absolute atomic E-state index is 12.3. The van der Waals surface area contributed by atoms with Crippen molar-refractivity contribution in [2.24, 2.45) is 0 Å². The molecule has 1 heterocycles. The van der Waals surface area contributed by atoms with Crippen LogP contribution >= 0.6 is 0 Å². The Balaban J connectivity index is 1.98. The van der Waals surface area contributed by atoms with E-state index in [-0.39, 0.29) is 18.4 Å². The molecule has 108 valence electrons. The van der Waals surface area contributed by atoms with Gasteiger partial charge in [-0.2, -0.15) is 0 Å². The van der Waals surface area contributed by atoms with E-state index < -0.39 is 0 Å². The van der Waals surface area contributed by atoms with Crippen LogP contribution in [-0.2, 0) is 17.9 Å². The highest BCUT2D eigenvalue weighted by Gasteiger charge is 2.17. The van der Waals surface area contributed by atoms with Crippen LogP contribution in [0.4, 0.5) is 0 Å². The van der Waals surface area contributed by atoms with Crippen LogP contribution in [-0.4, -0.2) is 36.9 Å². The van der Waals surface area contributed by atoms with Gasteiger partial charge in [-0.15, -0.1) is 0 Å². The van der Waals surface area contributed by atoms with Crippen LogP contribution in [0, 0.1) is 0 Å². The summed E-state index contributed by atoms with van der Waals surface area (Å²) in [4.78, 5) is 25.4. The van der Waals surface area contributed by atoms with E-state index in [1.54, 1.807) is 7.05 Å². The predicted molar refractivity (Wildman–Crippen MR) is 77.2 cm³/mol. The minimum atomic E-state index is -0.120. The normalized spacial score (nSPS) is 12.9. The molecule has 1 aromatic carbocycles. The maximum Gasteiger partial charge on any atom is 0.254 e. The van der Waals surface area contributed by atoms with E-state index >= 15 is 0 Å². The lowest BCUT2D eigenvalue weighted by atomic mass is 10.1. The average Bonchev–Trinajstić information content (AvgIpc) is 2.91. The zero-order valence-electron chi connectivity index (χ0n) is 12.0. The fraction of sp³-hybridized carbons (Fsp3) is 0.467. The van der Waals surface area contributed by atoms with E-state index in [9.17, 15) is 9.59 Å². The summed E-state index contributed by atoms with van der Waals surface area (Å²) < 4.78 is 0. The molecule has 0 atom stereocenters. The monoisotopic (exact) mass is 275 g/mol. The first-order valence-electron chi connectivity index (χ1n) is 6.96. The average molecular weight is 275 g/mol. The lowest BCUT2D eigenvalue weighted by Crippen LogP contribution is -2.38. The molecule has 0 saturated heterocycles. The molecule has 5 heteroatoms. The van der Waals surface area contributed by atoms with Crippen molar-refractivity contribution in [3.63, 3.8) is 0 Å². The van der Waals surface area contributed by atoms with Crippen molar-refractivity contribution in [3.8, 4) is 0 Å². The molecule has 1 aromatic rings. The van der Waals surface area contributed by atoms with Crippen molar-refractivity contribution in [1.82, 2.24) is 15.5 Å². The summed E-state index contributed by atoms with van der Waals surface area (Å²) in [5.41, 5.74) is 3.04. The molecule has 0 aromatic heterocycles. The van der Waals surface area contributed by atoms with Gasteiger partial charge in [-0.25, -0.2) is 0 Å². The van der Waals surface area contributed by atoms with E-state index in [1.807, 2.05) is 25.1 Å². The Kier molecular flexibility index (Phi) is 4.74. The summed E-state index contributed by atoms with van der Waals surface area (Å²) in [6.45, 7) is 4.39. The second-order valence-electron chi connectivity index (χ2n) is 5.10. The van der Waals surface area contributed by atoms with Crippen molar-refractivity contribution in [1.29, 1.82) is 0 Å². The number of hydrogen-bond donors (Lipinski definition) is 2. The van der Waals surface area contributed by atoms with Crippen LogP contribution in [0.25, 0.3) is 0 Å². The maximum atomic E-state index is 12.3. The highest BCUT2D eigenvalue weighted by atomic mass is 16.2. The van der Waals surface area contributed by atoms with E-state index in [0.717, 1.165) is 19.5 Å². The van der Waals surface area contributed by atoms with Crippen LogP contribution in [0.1, 0.15) is 34.8 Å². The molecule has 5 nitrogen and oxygen atoms in total. The molecule has 0 spiro atoms. The number of fused-ring (bicyclic) bond motifs is 1. The highest BCUT2D eigenvalue weighted by molar-refractivity contribution is 5.96. The van der Waals surface area contributed by atoms with Gasteiger partial charge in [0.25, 0.3) is 5.91 Å². The van der Waals surface area contributed by atoms with E-state index in [2.05, 4.69) is 10.6 Å². The summed E-state index contributed by atoms with van der Waals surface area (Å²) in [6, 6.07) is 5.72. The zero-order chi connectivity index (χ0) is 14.5. The number of carbonyl (C=O) groups excluding carboxylic acids is 2. The Bertz CT molecular complexity index is 514. The quantitative estimate of drug-likeness (QED) is 0.839. The third-order valence-electron chi connectivity index (χ3n) is 3.38. The third kappa shape index (κ3) is 3.36. The van der Waals surface area contributed by atoms with Crippen LogP contribution in [0.3, 0.4) is 0 Å². The van der Waals surface area contributed by atoms with Gasteiger partial charge >= 0.3 is 0 Å². The fourth-order valence-corrected chi connectivity index (χ4v) is 2.26. The Morgan fingerprint density at radius 2 is 2.05 bits per heavy atom. The van der Waals surface area contributed by atoms with Crippen LogP contribution in [0.5, 0.6) is 0 Å². The van der Waals surface area contributed by atoms with Crippen LogP contribution < -0.4 is 10.6 Å². The highest BCUT2D eigenvalue weighted by Crippen LogP contribution is 2.17. The van der Waals surface area contributed by atoms with E-state index in [4.69, 9.17) is 0 Å². The Morgan fingerprint density at radius 1 is 1.30 bits per heavy atom. The van der Waals surface area contributed by atoms with Gasteiger partial charge in [0.05, 0.1) is 6.54 Å². The number of rotatable bonds is 5. The summed E-state index contributed by atoms with van der Waals surface area (Å²) >= 11 is 0. The molecule has 2 amide bonds. The largest absolute Gasteiger partial charge is 0.355 e. The number of hydrogen-bond acceptors (Lipinski definition) is 3. The summed E-state index contributed by atoms with van der Waals surface area (Å²) in [7, 11) is 1.65. The SMILES string of the molecule is CCCNC(=O)CN(C)C(=O)c1ccc2c(c1)CNC2. The van der Waals surface area contributed by atoms with Crippen molar-refractivity contribution in [2.75, 3.05) is 20.1 Å². The first kappa shape index (κ1) is 14.5.